The number of esters is 1. The zero-order valence-electron chi connectivity index (χ0n) is 13.1. The van der Waals surface area contributed by atoms with Gasteiger partial charge in [-0.2, -0.15) is 0 Å². The Bertz CT molecular complexity index is 898. The highest BCUT2D eigenvalue weighted by molar-refractivity contribution is 5.94. The number of aromatic nitrogens is 1. The van der Waals surface area contributed by atoms with Gasteiger partial charge in [0, 0.05) is 11.6 Å². The summed E-state index contributed by atoms with van der Waals surface area (Å²) in [6.07, 6.45) is 0. The molecule has 1 amide bonds. The summed E-state index contributed by atoms with van der Waals surface area (Å²) in [5.74, 6) is -0.639. The topological polar surface area (TPSA) is 94.6 Å². The van der Waals surface area contributed by atoms with Crippen LogP contribution in [0.15, 0.2) is 51.4 Å². The van der Waals surface area contributed by atoms with Gasteiger partial charge in [-0.1, -0.05) is 5.16 Å². The first-order chi connectivity index (χ1) is 12.0. The average molecular weight is 344 g/mol. The molecule has 0 bridgehead atoms. The van der Waals surface area contributed by atoms with Crippen LogP contribution in [-0.4, -0.2) is 23.6 Å². The van der Waals surface area contributed by atoms with Gasteiger partial charge in [0.2, 0.25) is 5.76 Å². The Balaban J connectivity index is 1.56. The number of rotatable bonds is 5. The van der Waals surface area contributed by atoms with Crippen LogP contribution >= 0.6 is 0 Å². The molecule has 0 aliphatic heterocycles. The lowest BCUT2D eigenvalue weighted by Gasteiger charge is -2.02. The quantitative estimate of drug-likeness (QED) is 0.714. The van der Waals surface area contributed by atoms with Crippen molar-refractivity contribution in [3.05, 3.63) is 59.8 Å². The lowest BCUT2D eigenvalue weighted by atomic mass is 10.2. The molecule has 0 spiro atoms. The zero-order valence-corrected chi connectivity index (χ0v) is 13.1. The monoisotopic (exact) mass is 344 g/mol. The van der Waals surface area contributed by atoms with Gasteiger partial charge in [0.1, 0.15) is 17.3 Å². The van der Waals surface area contributed by atoms with E-state index in [-0.39, 0.29) is 17.4 Å². The highest BCUT2D eigenvalue weighted by atomic mass is 19.1. The number of anilines is 1. The van der Waals surface area contributed by atoms with Gasteiger partial charge in [-0.15, -0.1) is 0 Å². The minimum atomic E-state index is -0.792. The number of furan rings is 1. The van der Waals surface area contributed by atoms with Gasteiger partial charge in [-0.3, -0.25) is 4.79 Å². The third-order valence-corrected chi connectivity index (χ3v) is 3.17. The Morgan fingerprint density at radius 3 is 2.64 bits per heavy atom. The predicted octanol–water partition coefficient (Wildman–Crippen LogP) is 3.18. The Labute approximate surface area is 141 Å². The smallest absolute Gasteiger partial charge is 0.374 e. The van der Waals surface area contributed by atoms with Crippen LogP contribution in [0.5, 0.6) is 0 Å². The largest absolute Gasteiger partial charge is 0.450 e. The molecule has 0 fully saturated rings. The van der Waals surface area contributed by atoms with Gasteiger partial charge in [0.15, 0.2) is 12.4 Å². The molecule has 8 heteroatoms. The minimum Gasteiger partial charge on any atom is -0.450 e. The molecule has 3 rings (SSSR count). The third-order valence-electron chi connectivity index (χ3n) is 3.17. The van der Waals surface area contributed by atoms with E-state index in [1.165, 1.54) is 36.4 Å². The summed E-state index contributed by atoms with van der Waals surface area (Å²) < 4.78 is 28.0. The van der Waals surface area contributed by atoms with E-state index in [4.69, 9.17) is 13.7 Å². The summed E-state index contributed by atoms with van der Waals surface area (Å²) in [5, 5.41) is 6.01. The Morgan fingerprint density at radius 2 is 1.96 bits per heavy atom. The van der Waals surface area contributed by atoms with Gasteiger partial charge in [-0.05, 0) is 43.3 Å². The van der Waals surface area contributed by atoms with Crippen LogP contribution in [0.1, 0.15) is 16.3 Å². The number of carbonyl (C=O) groups is 2. The predicted molar refractivity (Wildman–Crippen MR) is 84.3 cm³/mol. The first-order valence-electron chi connectivity index (χ1n) is 7.27. The van der Waals surface area contributed by atoms with Crippen LogP contribution in [0.25, 0.3) is 11.3 Å². The molecule has 2 aromatic heterocycles. The standard InChI is InChI=1S/C17H13FN2O5/c1-10-8-15(20-25-10)19-16(21)9-23-17(22)14-7-6-13(24-14)11-2-4-12(18)5-3-11/h2-8H,9H2,1H3,(H,19,20,21). The molecule has 0 aliphatic carbocycles. The van der Waals surface area contributed by atoms with Crippen molar-refractivity contribution >= 4 is 17.7 Å². The highest BCUT2D eigenvalue weighted by Crippen LogP contribution is 2.22. The van der Waals surface area contributed by atoms with Crippen LogP contribution in [-0.2, 0) is 9.53 Å². The molecule has 0 saturated carbocycles. The van der Waals surface area contributed by atoms with Gasteiger partial charge in [0.25, 0.3) is 5.91 Å². The molecule has 1 aromatic carbocycles. The lowest BCUT2D eigenvalue weighted by molar-refractivity contribution is -0.119. The molecule has 0 unspecified atom stereocenters. The molecule has 25 heavy (non-hydrogen) atoms. The number of halogens is 1. The fourth-order valence-electron chi connectivity index (χ4n) is 2.02. The van der Waals surface area contributed by atoms with E-state index in [0.29, 0.717) is 17.1 Å². The summed E-state index contributed by atoms with van der Waals surface area (Å²) in [7, 11) is 0. The summed E-state index contributed by atoms with van der Waals surface area (Å²) in [6.45, 7) is 1.18. The third kappa shape index (κ3) is 4.11. The first-order valence-corrected chi connectivity index (χ1v) is 7.27. The second-order valence-corrected chi connectivity index (χ2v) is 5.12. The number of benzene rings is 1. The fourth-order valence-corrected chi connectivity index (χ4v) is 2.02. The van der Waals surface area contributed by atoms with E-state index < -0.39 is 18.5 Å². The van der Waals surface area contributed by atoms with Crippen molar-refractivity contribution in [2.75, 3.05) is 11.9 Å². The van der Waals surface area contributed by atoms with Gasteiger partial charge in [-0.25, -0.2) is 9.18 Å². The molecule has 128 valence electrons. The average Bonchev–Trinajstić information content (AvgIpc) is 3.23. The molecule has 7 nitrogen and oxygen atoms in total. The van der Waals surface area contributed by atoms with E-state index in [1.54, 1.807) is 13.0 Å². The van der Waals surface area contributed by atoms with Crippen LogP contribution in [0.2, 0.25) is 0 Å². The lowest BCUT2D eigenvalue weighted by Crippen LogP contribution is -2.20. The second-order valence-electron chi connectivity index (χ2n) is 5.12. The van der Waals surface area contributed by atoms with E-state index in [1.807, 2.05) is 0 Å². The summed E-state index contributed by atoms with van der Waals surface area (Å²) >= 11 is 0. The molecular weight excluding hydrogens is 331 g/mol. The SMILES string of the molecule is Cc1cc(NC(=O)COC(=O)c2ccc(-c3ccc(F)cc3)o2)no1. The summed E-state index contributed by atoms with van der Waals surface area (Å²) in [6, 6.07) is 10.1. The number of ether oxygens (including phenoxy) is 1. The normalized spacial score (nSPS) is 10.5. The first kappa shape index (κ1) is 16.4. The molecular formula is C17H13FN2O5. The number of amides is 1. The fraction of sp³-hybridized carbons (Fsp3) is 0.118. The summed E-state index contributed by atoms with van der Waals surface area (Å²) in [5.41, 5.74) is 0.611. The zero-order chi connectivity index (χ0) is 17.8. The van der Waals surface area contributed by atoms with E-state index in [9.17, 15) is 14.0 Å². The molecule has 1 N–H and O–H groups in total. The van der Waals surface area contributed by atoms with Crippen LogP contribution in [0.3, 0.4) is 0 Å². The van der Waals surface area contributed by atoms with Gasteiger partial charge >= 0.3 is 5.97 Å². The highest BCUT2D eigenvalue weighted by Gasteiger charge is 2.16. The molecule has 0 atom stereocenters. The molecule has 0 radical (unpaired) electrons. The summed E-state index contributed by atoms with van der Waals surface area (Å²) in [4.78, 5) is 23.6. The minimum absolute atomic E-state index is 0.0654. The Hall–Kier alpha value is -3.42. The van der Waals surface area contributed by atoms with Crippen molar-refractivity contribution < 1.29 is 27.7 Å². The number of hydrogen-bond acceptors (Lipinski definition) is 6. The molecule has 0 saturated heterocycles. The Kier molecular flexibility index (Phi) is 4.60. The number of nitrogens with one attached hydrogen (secondary N) is 1. The van der Waals surface area contributed by atoms with Crippen LogP contribution < -0.4 is 5.32 Å². The molecule has 3 aromatic rings. The van der Waals surface area contributed by atoms with E-state index in [0.717, 1.165) is 0 Å². The maximum absolute atomic E-state index is 12.9. The number of carbonyl (C=O) groups excluding carboxylic acids is 2. The van der Waals surface area contributed by atoms with Gasteiger partial charge in [0.05, 0.1) is 0 Å². The molecule has 2 heterocycles. The number of hydrogen-bond donors (Lipinski definition) is 1. The number of aryl methyl sites for hydroxylation is 1. The van der Waals surface area contributed by atoms with E-state index >= 15 is 0 Å². The number of nitrogens with zero attached hydrogens (tertiary/aromatic N) is 1. The van der Waals surface area contributed by atoms with Crippen LogP contribution in [0.4, 0.5) is 10.2 Å². The second kappa shape index (κ2) is 7.00. The van der Waals surface area contributed by atoms with Crippen molar-refractivity contribution in [1.82, 2.24) is 5.16 Å². The Morgan fingerprint density at radius 1 is 1.20 bits per heavy atom. The van der Waals surface area contributed by atoms with Crippen molar-refractivity contribution in [2.24, 2.45) is 0 Å². The van der Waals surface area contributed by atoms with Gasteiger partial charge < -0.3 is 19.0 Å². The van der Waals surface area contributed by atoms with E-state index in [2.05, 4.69) is 10.5 Å². The van der Waals surface area contributed by atoms with Crippen LogP contribution in [0, 0.1) is 12.7 Å². The van der Waals surface area contributed by atoms with Crippen molar-refractivity contribution in [1.29, 1.82) is 0 Å². The van der Waals surface area contributed by atoms with Crippen molar-refractivity contribution in [3.8, 4) is 11.3 Å². The van der Waals surface area contributed by atoms with Crippen molar-refractivity contribution in [2.45, 2.75) is 6.92 Å². The maximum Gasteiger partial charge on any atom is 0.374 e. The molecule has 0 aliphatic rings. The van der Waals surface area contributed by atoms with Crippen molar-refractivity contribution in [3.63, 3.8) is 0 Å². The maximum atomic E-state index is 12.9.